The zero-order valence-corrected chi connectivity index (χ0v) is 9.07. The monoisotopic (exact) mass is 246 g/mol. The Morgan fingerprint density at radius 1 is 1.50 bits per heavy atom. The van der Waals surface area contributed by atoms with Crippen molar-refractivity contribution in [1.29, 1.82) is 0 Å². The Morgan fingerprint density at radius 2 is 2.33 bits per heavy atom. The van der Waals surface area contributed by atoms with Gasteiger partial charge >= 0.3 is 0 Å². The van der Waals surface area contributed by atoms with E-state index in [1.807, 2.05) is 0 Å². The summed E-state index contributed by atoms with van der Waals surface area (Å²) in [5.74, 6) is 0.592. The van der Waals surface area contributed by atoms with E-state index in [1.165, 1.54) is 9.35 Å². The van der Waals surface area contributed by atoms with Gasteiger partial charge in [-0.05, 0) is 52.6 Å². The van der Waals surface area contributed by atoms with Crippen molar-refractivity contribution in [1.82, 2.24) is 0 Å². The molecule has 3 heteroatoms. The largest absolute Gasteiger partial charge is 0.393 e. The molecule has 1 N–H and O–H groups in total. The van der Waals surface area contributed by atoms with Gasteiger partial charge in [0.1, 0.15) is 0 Å². The Balaban J connectivity index is 2.16. The van der Waals surface area contributed by atoms with Gasteiger partial charge in [0.2, 0.25) is 0 Å². The summed E-state index contributed by atoms with van der Waals surface area (Å²) in [7, 11) is 0. The topological polar surface area (TPSA) is 20.2 Å². The van der Waals surface area contributed by atoms with Gasteiger partial charge in [-0.15, -0.1) is 11.3 Å². The van der Waals surface area contributed by atoms with Crippen molar-refractivity contribution in [2.45, 2.75) is 31.3 Å². The zero-order chi connectivity index (χ0) is 8.55. The molecule has 0 aromatic carbocycles. The molecular weight excluding hydrogens is 236 g/mol. The molecule has 1 aromatic heterocycles. The molecule has 2 unspecified atom stereocenters. The van der Waals surface area contributed by atoms with Gasteiger partial charge in [-0.3, -0.25) is 0 Å². The number of thiophene rings is 1. The van der Waals surface area contributed by atoms with Crippen LogP contribution in [0.2, 0.25) is 0 Å². The molecule has 1 aliphatic rings. The van der Waals surface area contributed by atoms with E-state index in [9.17, 15) is 5.11 Å². The Labute approximate surface area is 84.6 Å². The minimum absolute atomic E-state index is 0.0657. The second kappa shape index (κ2) is 3.48. The smallest absolute Gasteiger partial charge is 0.0546 e. The SMILES string of the molecule is OC1CCC(c2sccc2Br)C1. The fourth-order valence-corrected chi connectivity index (χ4v) is 3.64. The van der Waals surface area contributed by atoms with E-state index in [0.29, 0.717) is 5.92 Å². The van der Waals surface area contributed by atoms with Gasteiger partial charge in [0.15, 0.2) is 0 Å². The average molecular weight is 247 g/mol. The lowest BCUT2D eigenvalue weighted by Gasteiger charge is -2.06. The van der Waals surface area contributed by atoms with E-state index in [-0.39, 0.29) is 6.10 Å². The van der Waals surface area contributed by atoms with Crippen molar-refractivity contribution >= 4 is 27.3 Å². The quantitative estimate of drug-likeness (QED) is 0.808. The molecular formula is C9H11BrOS. The predicted molar refractivity (Wildman–Crippen MR) is 54.6 cm³/mol. The van der Waals surface area contributed by atoms with Crippen LogP contribution in [0.15, 0.2) is 15.9 Å². The second-order valence-corrected chi connectivity index (χ2v) is 5.10. The van der Waals surface area contributed by atoms with Gasteiger partial charge in [0.25, 0.3) is 0 Å². The zero-order valence-electron chi connectivity index (χ0n) is 6.66. The summed E-state index contributed by atoms with van der Waals surface area (Å²) in [6, 6.07) is 2.09. The van der Waals surface area contributed by atoms with Gasteiger partial charge in [-0.2, -0.15) is 0 Å². The van der Waals surface area contributed by atoms with Crippen LogP contribution in [-0.4, -0.2) is 11.2 Å². The lowest BCUT2D eigenvalue weighted by molar-refractivity contribution is 0.181. The van der Waals surface area contributed by atoms with Crippen LogP contribution >= 0.6 is 27.3 Å². The summed E-state index contributed by atoms with van der Waals surface area (Å²) in [5.41, 5.74) is 0. The van der Waals surface area contributed by atoms with Gasteiger partial charge < -0.3 is 5.11 Å². The van der Waals surface area contributed by atoms with E-state index in [4.69, 9.17) is 0 Å². The maximum Gasteiger partial charge on any atom is 0.0546 e. The van der Waals surface area contributed by atoms with Crippen LogP contribution in [0, 0.1) is 0 Å². The number of aliphatic hydroxyl groups is 1. The maximum atomic E-state index is 9.38. The summed E-state index contributed by atoms with van der Waals surface area (Å²) in [6.45, 7) is 0. The molecule has 0 spiro atoms. The molecule has 0 amide bonds. The standard InChI is InChI=1S/C9H11BrOS/c10-8-3-4-12-9(8)6-1-2-7(11)5-6/h3-4,6-7,11H,1-2,5H2. The summed E-state index contributed by atoms with van der Waals surface area (Å²) in [6.07, 6.45) is 2.98. The molecule has 0 radical (unpaired) electrons. The van der Waals surface area contributed by atoms with Crippen molar-refractivity contribution in [3.63, 3.8) is 0 Å². The van der Waals surface area contributed by atoms with Crippen LogP contribution < -0.4 is 0 Å². The van der Waals surface area contributed by atoms with E-state index in [2.05, 4.69) is 27.4 Å². The number of rotatable bonds is 1. The van der Waals surface area contributed by atoms with E-state index >= 15 is 0 Å². The molecule has 1 heterocycles. The predicted octanol–water partition coefficient (Wildman–Crippen LogP) is 3.14. The van der Waals surface area contributed by atoms with E-state index in [0.717, 1.165) is 19.3 Å². The second-order valence-electron chi connectivity index (χ2n) is 3.30. The molecule has 1 aromatic rings. The van der Waals surface area contributed by atoms with Crippen molar-refractivity contribution in [2.24, 2.45) is 0 Å². The first-order chi connectivity index (χ1) is 5.77. The van der Waals surface area contributed by atoms with E-state index in [1.54, 1.807) is 11.3 Å². The first kappa shape index (κ1) is 8.73. The Hall–Kier alpha value is 0.140. The highest BCUT2D eigenvalue weighted by molar-refractivity contribution is 9.10. The molecule has 66 valence electrons. The molecule has 1 saturated carbocycles. The third-order valence-electron chi connectivity index (χ3n) is 2.42. The first-order valence-corrected chi connectivity index (χ1v) is 5.85. The summed E-state index contributed by atoms with van der Waals surface area (Å²) in [4.78, 5) is 1.41. The normalized spacial score (nSPS) is 29.5. The van der Waals surface area contributed by atoms with Crippen molar-refractivity contribution in [3.8, 4) is 0 Å². The molecule has 1 nitrogen and oxygen atoms in total. The van der Waals surface area contributed by atoms with Crippen LogP contribution in [-0.2, 0) is 0 Å². The number of hydrogen-bond acceptors (Lipinski definition) is 2. The van der Waals surface area contributed by atoms with Crippen molar-refractivity contribution < 1.29 is 5.11 Å². The Bertz CT molecular complexity index is 271. The van der Waals surface area contributed by atoms with Gasteiger partial charge in [-0.25, -0.2) is 0 Å². The minimum atomic E-state index is -0.0657. The Kier molecular flexibility index (Phi) is 2.53. The summed E-state index contributed by atoms with van der Waals surface area (Å²) in [5, 5.41) is 11.5. The minimum Gasteiger partial charge on any atom is -0.393 e. The molecule has 12 heavy (non-hydrogen) atoms. The lowest BCUT2D eigenvalue weighted by atomic mass is 10.1. The highest BCUT2D eigenvalue weighted by atomic mass is 79.9. The van der Waals surface area contributed by atoms with Crippen LogP contribution in [0.25, 0.3) is 0 Å². The number of hydrogen-bond donors (Lipinski definition) is 1. The van der Waals surface area contributed by atoms with Gasteiger partial charge in [0.05, 0.1) is 6.10 Å². The number of aliphatic hydroxyl groups excluding tert-OH is 1. The van der Waals surface area contributed by atoms with Gasteiger partial charge in [-0.1, -0.05) is 0 Å². The molecule has 0 aliphatic heterocycles. The highest BCUT2D eigenvalue weighted by Crippen LogP contribution is 2.40. The molecule has 0 saturated heterocycles. The Morgan fingerprint density at radius 3 is 2.83 bits per heavy atom. The van der Waals surface area contributed by atoms with Crippen LogP contribution in [0.4, 0.5) is 0 Å². The summed E-state index contributed by atoms with van der Waals surface area (Å²) >= 11 is 5.32. The fraction of sp³-hybridized carbons (Fsp3) is 0.556. The van der Waals surface area contributed by atoms with Crippen LogP contribution in [0.1, 0.15) is 30.1 Å². The fourth-order valence-electron chi connectivity index (χ4n) is 1.79. The van der Waals surface area contributed by atoms with Crippen LogP contribution in [0.3, 0.4) is 0 Å². The third-order valence-corrected chi connectivity index (χ3v) is 4.45. The third kappa shape index (κ3) is 1.58. The van der Waals surface area contributed by atoms with Gasteiger partial charge in [0, 0.05) is 9.35 Å². The summed E-state index contributed by atoms with van der Waals surface area (Å²) < 4.78 is 1.21. The van der Waals surface area contributed by atoms with Crippen molar-refractivity contribution in [2.75, 3.05) is 0 Å². The van der Waals surface area contributed by atoms with Crippen LogP contribution in [0.5, 0.6) is 0 Å². The first-order valence-electron chi connectivity index (χ1n) is 4.18. The number of halogens is 1. The molecule has 2 atom stereocenters. The van der Waals surface area contributed by atoms with Crippen molar-refractivity contribution in [3.05, 3.63) is 20.8 Å². The molecule has 1 fully saturated rings. The van der Waals surface area contributed by atoms with E-state index < -0.39 is 0 Å². The molecule has 1 aliphatic carbocycles. The average Bonchev–Trinajstić information content (AvgIpc) is 2.58. The highest BCUT2D eigenvalue weighted by Gasteiger charge is 2.26. The lowest BCUT2D eigenvalue weighted by Crippen LogP contribution is -1.98. The molecule has 2 rings (SSSR count). The molecule has 0 bridgehead atoms. The maximum absolute atomic E-state index is 9.38.